The van der Waals surface area contributed by atoms with Gasteiger partial charge in [0.05, 0.1) is 0 Å². The molecule has 0 saturated heterocycles. The molecule has 56 valence electrons. The van der Waals surface area contributed by atoms with Gasteiger partial charge in [-0.2, -0.15) is 18.2 Å². The van der Waals surface area contributed by atoms with E-state index in [1.165, 1.54) is 0 Å². The van der Waals surface area contributed by atoms with E-state index in [-0.39, 0.29) is 0 Å². The van der Waals surface area contributed by atoms with Crippen LogP contribution >= 0.6 is 0 Å². The Morgan fingerprint density at radius 2 is 2.20 bits per heavy atom. The van der Waals surface area contributed by atoms with Gasteiger partial charge in [-0.25, -0.2) is 0 Å². The van der Waals surface area contributed by atoms with E-state index >= 15 is 0 Å². The van der Waals surface area contributed by atoms with Crippen LogP contribution in [0.25, 0.3) is 0 Å². The highest BCUT2D eigenvalue weighted by Gasteiger charge is 2.30. The van der Waals surface area contributed by atoms with E-state index in [2.05, 4.69) is 14.7 Å². The SMILES string of the molecule is FC(F)(F)Cc1ncno1. The summed E-state index contributed by atoms with van der Waals surface area (Å²) in [6, 6.07) is 0. The van der Waals surface area contributed by atoms with Gasteiger partial charge in [0.2, 0.25) is 5.89 Å². The van der Waals surface area contributed by atoms with E-state index in [4.69, 9.17) is 0 Å². The molecule has 1 rings (SSSR count). The molecule has 0 N–H and O–H groups in total. The lowest BCUT2D eigenvalue weighted by Crippen LogP contribution is -2.11. The van der Waals surface area contributed by atoms with E-state index in [0.29, 0.717) is 0 Å². The van der Waals surface area contributed by atoms with Gasteiger partial charge in [0.1, 0.15) is 6.42 Å². The average Bonchev–Trinajstić information content (AvgIpc) is 2.12. The fourth-order valence-corrected chi connectivity index (χ4v) is 0.445. The first-order valence-corrected chi connectivity index (χ1v) is 2.40. The Morgan fingerprint density at radius 3 is 2.60 bits per heavy atom. The normalized spacial score (nSPS) is 11.9. The van der Waals surface area contributed by atoms with E-state index < -0.39 is 18.5 Å². The van der Waals surface area contributed by atoms with Crippen molar-refractivity contribution in [2.45, 2.75) is 12.6 Å². The van der Waals surface area contributed by atoms with Gasteiger partial charge in [0.15, 0.2) is 6.33 Å². The molecule has 0 radical (unpaired) electrons. The molecule has 1 heterocycles. The Labute approximate surface area is 53.8 Å². The topological polar surface area (TPSA) is 38.9 Å². The third kappa shape index (κ3) is 2.04. The maximum atomic E-state index is 11.5. The predicted octanol–water partition coefficient (Wildman–Crippen LogP) is 1.17. The molecule has 0 saturated carbocycles. The third-order valence-corrected chi connectivity index (χ3v) is 0.759. The molecule has 0 fully saturated rings. The lowest BCUT2D eigenvalue weighted by molar-refractivity contribution is -0.131. The molecule has 3 nitrogen and oxygen atoms in total. The summed E-state index contributed by atoms with van der Waals surface area (Å²) in [5, 5.41) is 3.02. The Morgan fingerprint density at radius 1 is 1.50 bits per heavy atom. The maximum absolute atomic E-state index is 11.5. The van der Waals surface area contributed by atoms with Crippen LogP contribution in [0.5, 0.6) is 0 Å². The highest BCUT2D eigenvalue weighted by atomic mass is 19.4. The first-order chi connectivity index (χ1) is 4.58. The summed E-state index contributed by atoms with van der Waals surface area (Å²) in [4.78, 5) is 3.20. The minimum absolute atomic E-state index is 0.410. The Kier molecular flexibility index (Phi) is 1.60. The van der Waals surface area contributed by atoms with Crippen LogP contribution in [0.4, 0.5) is 13.2 Å². The summed E-state index contributed by atoms with van der Waals surface area (Å²) in [7, 11) is 0. The van der Waals surface area contributed by atoms with E-state index in [1.807, 2.05) is 0 Å². The molecule has 0 aliphatic carbocycles. The fraction of sp³-hybridized carbons (Fsp3) is 0.500. The second-order valence-electron chi connectivity index (χ2n) is 1.63. The Hall–Kier alpha value is -1.07. The van der Waals surface area contributed by atoms with Crippen molar-refractivity contribution >= 4 is 0 Å². The van der Waals surface area contributed by atoms with Crippen LogP contribution in [0.3, 0.4) is 0 Å². The zero-order valence-corrected chi connectivity index (χ0v) is 4.72. The second kappa shape index (κ2) is 2.28. The zero-order valence-electron chi connectivity index (χ0n) is 4.72. The van der Waals surface area contributed by atoms with Crippen LogP contribution in [0.1, 0.15) is 5.89 Å². The lowest BCUT2D eigenvalue weighted by Gasteiger charge is -1.99. The molecular weight excluding hydrogens is 149 g/mol. The summed E-state index contributed by atoms with van der Waals surface area (Å²) >= 11 is 0. The molecule has 1 aromatic heterocycles. The van der Waals surface area contributed by atoms with Crippen LogP contribution in [0.15, 0.2) is 10.9 Å². The highest BCUT2D eigenvalue weighted by Crippen LogP contribution is 2.19. The number of hydrogen-bond acceptors (Lipinski definition) is 3. The van der Waals surface area contributed by atoms with Gasteiger partial charge in [0.25, 0.3) is 0 Å². The number of rotatable bonds is 1. The summed E-state index contributed by atoms with van der Waals surface area (Å²) in [5.74, 6) is -0.410. The molecule has 0 amide bonds. The van der Waals surface area contributed by atoms with Gasteiger partial charge in [-0.3, -0.25) is 0 Å². The first kappa shape index (κ1) is 7.04. The van der Waals surface area contributed by atoms with Crippen LogP contribution in [-0.2, 0) is 6.42 Å². The summed E-state index contributed by atoms with van der Waals surface area (Å²) in [6.07, 6.45) is -4.50. The highest BCUT2D eigenvalue weighted by molar-refractivity contribution is 4.77. The zero-order chi connectivity index (χ0) is 7.61. The largest absolute Gasteiger partial charge is 0.397 e. The van der Waals surface area contributed by atoms with Gasteiger partial charge >= 0.3 is 6.18 Å². The fourth-order valence-electron chi connectivity index (χ4n) is 0.445. The number of hydrogen-bond donors (Lipinski definition) is 0. The van der Waals surface area contributed by atoms with Gasteiger partial charge in [-0.15, -0.1) is 0 Å². The van der Waals surface area contributed by atoms with Crippen LogP contribution in [0, 0.1) is 0 Å². The first-order valence-electron chi connectivity index (χ1n) is 2.40. The standard InChI is InChI=1S/C4H3F3N2O/c5-4(6,7)1-3-8-2-9-10-3/h2H,1H2. The van der Waals surface area contributed by atoms with E-state index in [1.54, 1.807) is 0 Å². The van der Waals surface area contributed by atoms with Crippen LogP contribution in [-0.4, -0.2) is 16.3 Å². The molecule has 0 spiro atoms. The Balaban J connectivity index is 2.57. The molecule has 0 aromatic carbocycles. The van der Waals surface area contributed by atoms with Crippen molar-refractivity contribution in [3.8, 4) is 0 Å². The van der Waals surface area contributed by atoms with Gasteiger partial charge in [0, 0.05) is 0 Å². The van der Waals surface area contributed by atoms with Crippen molar-refractivity contribution in [2.24, 2.45) is 0 Å². The monoisotopic (exact) mass is 152 g/mol. The number of nitrogens with zero attached hydrogens (tertiary/aromatic N) is 2. The summed E-state index contributed by atoms with van der Waals surface area (Å²) in [6.45, 7) is 0. The van der Waals surface area contributed by atoms with Crippen molar-refractivity contribution in [1.82, 2.24) is 10.1 Å². The lowest BCUT2D eigenvalue weighted by atomic mass is 10.4. The maximum Gasteiger partial charge on any atom is 0.397 e. The van der Waals surface area contributed by atoms with Gasteiger partial charge in [-0.05, 0) is 0 Å². The molecule has 0 aliphatic rings. The van der Waals surface area contributed by atoms with Crippen molar-refractivity contribution < 1.29 is 17.7 Å². The number of halogens is 3. The van der Waals surface area contributed by atoms with Gasteiger partial charge < -0.3 is 4.52 Å². The minimum Gasteiger partial charge on any atom is -0.339 e. The molecule has 0 atom stereocenters. The molecule has 0 unspecified atom stereocenters. The Bertz CT molecular complexity index is 193. The van der Waals surface area contributed by atoms with Crippen molar-refractivity contribution in [3.05, 3.63) is 12.2 Å². The van der Waals surface area contributed by atoms with Crippen LogP contribution in [0.2, 0.25) is 0 Å². The molecule has 0 aliphatic heterocycles. The van der Waals surface area contributed by atoms with E-state index in [0.717, 1.165) is 6.33 Å². The third-order valence-electron chi connectivity index (χ3n) is 0.759. The summed E-state index contributed by atoms with van der Waals surface area (Å²) < 4.78 is 38.6. The molecule has 6 heteroatoms. The smallest absolute Gasteiger partial charge is 0.339 e. The molecule has 10 heavy (non-hydrogen) atoms. The number of aromatic nitrogens is 2. The number of alkyl halides is 3. The van der Waals surface area contributed by atoms with Crippen LogP contribution < -0.4 is 0 Å². The second-order valence-corrected chi connectivity index (χ2v) is 1.63. The minimum atomic E-state index is -4.27. The van der Waals surface area contributed by atoms with Crippen molar-refractivity contribution in [2.75, 3.05) is 0 Å². The van der Waals surface area contributed by atoms with Crippen molar-refractivity contribution in [1.29, 1.82) is 0 Å². The van der Waals surface area contributed by atoms with Crippen molar-refractivity contribution in [3.63, 3.8) is 0 Å². The predicted molar refractivity (Wildman–Crippen MR) is 24.1 cm³/mol. The molecule has 1 aromatic rings. The molecular formula is C4H3F3N2O. The van der Waals surface area contributed by atoms with E-state index in [9.17, 15) is 13.2 Å². The average molecular weight is 152 g/mol. The van der Waals surface area contributed by atoms with Gasteiger partial charge in [-0.1, -0.05) is 5.16 Å². The molecule has 0 bridgehead atoms. The summed E-state index contributed by atoms with van der Waals surface area (Å²) in [5.41, 5.74) is 0. The quantitative estimate of drug-likeness (QED) is 0.606.